The van der Waals surface area contributed by atoms with Crippen LogP contribution in [-0.4, -0.2) is 65.8 Å². The Balaban J connectivity index is 1.78. The lowest BCUT2D eigenvalue weighted by molar-refractivity contribution is 0.0816. The molecule has 2 aromatic carbocycles. The van der Waals surface area contributed by atoms with Crippen LogP contribution < -0.4 is 16.4 Å². The molecule has 1 aliphatic rings. The quantitative estimate of drug-likeness (QED) is 0.447. The van der Waals surface area contributed by atoms with Gasteiger partial charge < -0.3 is 26.4 Å². The number of hydrogen-bond acceptors (Lipinski definition) is 6. The van der Waals surface area contributed by atoms with Crippen LogP contribution in [0.3, 0.4) is 0 Å². The minimum Gasteiger partial charge on any atom is -0.464 e. The molecule has 0 fully saturated rings. The number of imide groups is 1. The summed E-state index contributed by atoms with van der Waals surface area (Å²) in [6.07, 6.45) is 0.768. The number of carboxylic acid groups (broad SMARTS) is 1. The lowest BCUT2D eigenvalue weighted by atomic mass is 10.0. The predicted octanol–water partition coefficient (Wildman–Crippen LogP) is 2.51. The number of para-hydroxylation sites is 2. The molecule has 3 rings (SSSR count). The molecule has 0 saturated carbocycles. The van der Waals surface area contributed by atoms with Crippen LogP contribution >= 0.6 is 0 Å². The van der Waals surface area contributed by atoms with Gasteiger partial charge in [-0.15, -0.1) is 0 Å². The first kappa shape index (κ1) is 22.8. The maximum Gasteiger partial charge on any atom is 0.420 e. The number of nitrogen functional groups attached to an aromatic ring is 1. The van der Waals surface area contributed by atoms with Crippen molar-refractivity contribution in [2.75, 3.05) is 37.3 Å². The Labute approximate surface area is 185 Å². The van der Waals surface area contributed by atoms with Crippen molar-refractivity contribution in [3.63, 3.8) is 0 Å². The molecule has 4 amide bonds. The van der Waals surface area contributed by atoms with Crippen LogP contribution in [-0.2, 0) is 6.54 Å². The summed E-state index contributed by atoms with van der Waals surface area (Å²) in [5.41, 5.74) is 13.8. The molecule has 0 saturated heterocycles. The third kappa shape index (κ3) is 4.86. The molecule has 0 atom stereocenters. The van der Waals surface area contributed by atoms with Crippen molar-refractivity contribution in [2.45, 2.75) is 13.0 Å². The van der Waals surface area contributed by atoms with Crippen LogP contribution in [0.1, 0.15) is 22.3 Å². The van der Waals surface area contributed by atoms with Gasteiger partial charge in [-0.2, -0.15) is 4.90 Å². The van der Waals surface area contributed by atoms with E-state index in [-0.39, 0.29) is 24.7 Å². The van der Waals surface area contributed by atoms with Crippen molar-refractivity contribution in [1.82, 2.24) is 9.80 Å². The average Bonchev–Trinajstić information content (AvgIpc) is 2.77. The first-order chi connectivity index (χ1) is 15.3. The van der Waals surface area contributed by atoms with Crippen molar-refractivity contribution in [2.24, 2.45) is 10.7 Å². The molecule has 168 valence electrons. The molecule has 1 heterocycles. The Bertz CT molecular complexity index is 1050. The van der Waals surface area contributed by atoms with Gasteiger partial charge in [0.15, 0.2) is 0 Å². The van der Waals surface area contributed by atoms with Gasteiger partial charge in [-0.1, -0.05) is 12.1 Å². The van der Waals surface area contributed by atoms with E-state index < -0.39 is 12.1 Å². The second-order valence-electron chi connectivity index (χ2n) is 7.36. The van der Waals surface area contributed by atoms with Gasteiger partial charge in [0, 0.05) is 31.9 Å². The standard InChI is InChI=1S/C22H26N6O4/c1-26(12-10-25-18-6-3-2-5-17(18)24)20(29)15-7-8-19-16(13-15)14-27(11-4-9-23)21(30)28(19)22(31)32/h2-3,5-8,10,13H,4,9,11-12,14,23-24H2,1H3,(H,31,32). The number of nitrogens with two attached hydrogens (primary N) is 2. The van der Waals surface area contributed by atoms with Crippen molar-refractivity contribution < 1.29 is 19.5 Å². The number of rotatable bonds is 7. The summed E-state index contributed by atoms with van der Waals surface area (Å²) >= 11 is 0. The minimum atomic E-state index is -1.37. The molecule has 0 aromatic heterocycles. The van der Waals surface area contributed by atoms with Gasteiger partial charge in [0.2, 0.25) is 0 Å². The number of anilines is 2. The van der Waals surface area contributed by atoms with Gasteiger partial charge in [-0.3, -0.25) is 9.79 Å². The fourth-order valence-corrected chi connectivity index (χ4v) is 3.39. The second kappa shape index (κ2) is 9.92. The summed E-state index contributed by atoms with van der Waals surface area (Å²) < 4.78 is 0. The van der Waals surface area contributed by atoms with Gasteiger partial charge in [0.25, 0.3) is 5.91 Å². The Morgan fingerprint density at radius 1 is 1.25 bits per heavy atom. The summed E-state index contributed by atoms with van der Waals surface area (Å²) in [5, 5.41) is 9.53. The van der Waals surface area contributed by atoms with Crippen LogP contribution in [0.15, 0.2) is 47.5 Å². The molecule has 32 heavy (non-hydrogen) atoms. The number of benzene rings is 2. The van der Waals surface area contributed by atoms with E-state index in [9.17, 15) is 19.5 Å². The fourth-order valence-electron chi connectivity index (χ4n) is 3.39. The zero-order valence-electron chi connectivity index (χ0n) is 17.8. The van der Waals surface area contributed by atoms with E-state index in [1.54, 1.807) is 31.5 Å². The Morgan fingerprint density at radius 2 is 2.00 bits per heavy atom. The number of aliphatic imine (C=N–C) groups is 1. The van der Waals surface area contributed by atoms with Crippen molar-refractivity contribution in [3.8, 4) is 0 Å². The predicted molar refractivity (Wildman–Crippen MR) is 122 cm³/mol. The van der Waals surface area contributed by atoms with Crippen LogP contribution in [0.25, 0.3) is 0 Å². The first-order valence-electron chi connectivity index (χ1n) is 10.1. The smallest absolute Gasteiger partial charge is 0.420 e. The Hall–Kier alpha value is -3.92. The molecule has 10 nitrogen and oxygen atoms in total. The molecule has 5 N–H and O–H groups in total. The number of amides is 4. The van der Waals surface area contributed by atoms with Crippen molar-refractivity contribution >= 4 is 41.3 Å². The highest BCUT2D eigenvalue weighted by Crippen LogP contribution is 2.30. The van der Waals surface area contributed by atoms with Gasteiger partial charge in [-0.25, -0.2) is 9.59 Å². The average molecular weight is 438 g/mol. The lowest BCUT2D eigenvalue weighted by Crippen LogP contribution is -2.50. The highest BCUT2D eigenvalue weighted by Gasteiger charge is 2.34. The van der Waals surface area contributed by atoms with Crippen LogP contribution in [0.5, 0.6) is 0 Å². The monoisotopic (exact) mass is 438 g/mol. The summed E-state index contributed by atoms with van der Waals surface area (Å²) in [7, 11) is 1.64. The van der Waals surface area contributed by atoms with Crippen LogP contribution in [0.2, 0.25) is 0 Å². The second-order valence-corrected chi connectivity index (χ2v) is 7.36. The molecule has 0 bridgehead atoms. The largest absolute Gasteiger partial charge is 0.464 e. The minimum absolute atomic E-state index is 0.206. The first-order valence-corrected chi connectivity index (χ1v) is 10.1. The van der Waals surface area contributed by atoms with E-state index in [0.717, 1.165) is 0 Å². The number of carbonyl (C=O) groups is 3. The van der Waals surface area contributed by atoms with E-state index in [4.69, 9.17) is 11.5 Å². The Morgan fingerprint density at radius 3 is 2.69 bits per heavy atom. The normalized spacial score (nSPS) is 13.4. The van der Waals surface area contributed by atoms with Crippen molar-refractivity contribution in [3.05, 3.63) is 53.6 Å². The van der Waals surface area contributed by atoms with Gasteiger partial charge >= 0.3 is 12.1 Å². The molecule has 0 spiro atoms. The molecule has 0 aliphatic carbocycles. The molecule has 2 aromatic rings. The highest BCUT2D eigenvalue weighted by atomic mass is 16.4. The molecular weight excluding hydrogens is 412 g/mol. The SMILES string of the molecule is CN(CC=Nc1ccccc1N)C(=O)c1ccc2c(c1)CN(CCCN)C(=O)N2C(=O)O. The fraction of sp³-hybridized carbons (Fsp3) is 0.273. The molecule has 1 aliphatic heterocycles. The highest BCUT2D eigenvalue weighted by molar-refractivity contribution is 6.12. The van der Waals surface area contributed by atoms with Crippen LogP contribution in [0, 0.1) is 0 Å². The number of urea groups is 1. The zero-order valence-corrected chi connectivity index (χ0v) is 17.8. The molecule has 10 heteroatoms. The number of hydrogen-bond donors (Lipinski definition) is 3. The third-order valence-electron chi connectivity index (χ3n) is 5.08. The summed E-state index contributed by atoms with van der Waals surface area (Å²) in [5.74, 6) is -0.257. The lowest BCUT2D eigenvalue weighted by Gasteiger charge is -2.34. The topological polar surface area (TPSA) is 146 Å². The maximum atomic E-state index is 12.9. The van der Waals surface area contributed by atoms with Crippen molar-refractivity contribution in [1.29, 1.82) is 0 Å². The summed E-state index contributed by atoms with van der Waals surface area (Å²) in [6, 6.07) is 11.2. The van der Waals surface area contributed by atoms with Gasteiger partial charge in [0.1, 0.15) is 0 Å². The van der Waals surface area contributed by atoms with E-state index in [2.05, 4.69) is 4.99 Å². The maximum absolute atomic E-state index is 12.9. The molecule has 0 radical (unpaired) electrons. The van der Waals surface area contributed by atoms with E-state index in [1.807, 2.05) is 12.1 Å². The number of nitrogens with zero attached hydrogens (tertiary/aromatic N) is 4. The Kier molecular flexibility index (Phi) is 7.06. The molecule has 0 unspecified atom stereocenters. The zero-order chi connectivity index (χ0) is 23.3. The van der Waals surface area contributed by atoms with Gasteiger partial charge in [0.05, 0.1) is 23.6 Å². The van der Waals surface area contributed by atoms with E-state index >= 15 is 0 Å². The van der Waals surface area contributed by atoms with Gasteiger partial charge in [-0.05, 0) is 48.9 Å². The summed E-state index contributed by atoms with van der Waals surface area (Å²) in [6.45, 7) is 1.17. The van der Waals surface area contributed by atoms with E-state index in [0.29, 0.717) is 46.9 Å². The van der Waals surface area contributed by atoms with Crippen LogP contribution in [0.4, 0.5) is 26.7 Å². The summed E-state index contributed by atoms with van der Waals surface area (Å²) in [4.78, 5) is 45.0. The third-order valence-corrected chi connectivity index (χ3v) is 5.08. The molecular formula is C22H26N6O4. The number of carbonyl (C=O) groups excluding carboxylic acids is 2. The van der Waals surface area contributed by atoms with E-state index in [1.165, 1.54) is 21.9 Å². The number of fused-ring (bicyclic) bond motifs is 1.